The van der Waals surface area contributed by atoms with Crippen LogP contribution < -0.4 is 0 Å². The van der Waals surface area contributed by atoms with E-state index < -0.39 is 0 Å². The minimum atomic E-state index is 0.618. The first-order valence-electron chi connectivity index (χ1n) is 5.44. The molecule has 0 atom stereocenters. The summed E-state index contributed by atoms with van der Waals surface area (Å²) in [5.41, 5.74) is 0. The summed E-state index contributed by atoms with van der Waals surface area (Å²) in [5.74, 6) is 0. The number of rotatable bonds is 10. The molecule has 0 aliphatic carbocycles. The third-order valence-electron chi connectivity index (χ3n) is 1.45. The summed E-state index contributed by atoms with van der Waals surface area (Å²) in [6.07, 6.45) is 0.750. The first kappa shape index (κ1) is 18.7. The van der Waals surface area contributed by atoms with Crippen LogP contribution >= 0.6 is 0 Å². The van der Waals surface area contributed by atoms with E-state index in [0.29, 0.717) is 39.6 Å². The lowest BCUT2D eigenvalue weighted by atomic mass is 10.7. The number of methoxy groups -OCH3 is 2. The van der Waals surface area contributed by atoms with Gasteiger partial charge in [0.05, 0.1) is 39.6 Å². The molecule has 104 valence electrons. The van der Waals surface area contributed by atoms with Crippen molar-refractivity contribution < 1.29 is 23.7 Å². The standard InChI is InChI=1S/C8H18O4.C3H7NO/c1-9-3-5-11-7-8-12-6-4-10-2;1-4(2)3-5/h3-8H2,1-2H3;3H,1-2H3. The molecule has 0 rings (SSSR count). The molecule has 1 amide bonds. The Morgan fingerprint density at radius 2 is 1.12 bits per heavy atom. The van der Waals surface area contributed by atoms with Crippen LogP contribution in [0.4, 0.5) is 0 Å². The van der Waals surface area contributed by atoms with Gasteiger partial charge in [-0.05, 0) is 0 Å². The van der Waals surface area contributed by atoms with Crippen LogP contribution in [0.3, 0.4) is 0 Å². The maximum Gasteiger partial charge on any atom is 0.209 e. The highest BCUT2D eigenvalue weighted by Crippen LogP contribution is 1.79. The zero-order valence-corrected chi connectivity index (χ0v) is 11.3. The monoisotopic (exact) mass is 251 g/mol. The van der Waals surface area contributed by atoms with Crippen molar-refractivity contribution in [2.75, 3.05) is 68.0 Å². The van der Waals surface area contributed by atoms with E-state index in [4.69, 9.17) is 18.9 Å². The predicted octanol–water partition coefficient (Wildman–Crippen LogP) is 0.0168. The molecule has 0 fully saturated rings. The average Bonchev–Trinajstić information content (AvgIpc) is 2.33. The highest BCUT2D eigenvalue weighted by molar-refractivity contribution is 5.45. The Balaban J connectivity index is 0. The average molecular weight is 251 g/mol. The van der Waals surface area contributed by atoms with Crippen LogP contribution in [0.2, 0.25) is 0 Å². The molecule has 0 aromatic heterocycles. The van der Waals surface area contributed by atoms with Gasteiger partial charge >= 0.3 is 0 Å². The van der Waals surface area contributed by atoms with E-state index in [9.17, 15) is 4.79 Å². The molecule has 17 heavy (non-hydrogen) atoms. The van der Waals surface area contributed by atoms with Crippen LogP contribution in [-0.2, 0) is 23.7 Å². The van der Waals surface area contributed by atoms with Gasteiger partial charge in [0.15, 0.2) is 0 Å². The van der Waals surface area contributed by atoms with Gasteiger partial charge < -0.3 is 23.8 Å². The summed E-state index contributed by atoms with van der Waals surface area (Å²) in [4.78, 5) is 10.9. The highest BCUT2D eigenvalue weighted by Gasteiger charge is 1.88. The Morgan fingerprint density at radius 1 is 0.824 bits per heavy atom. The third-order valence-corrected chi connectivity index (χ3v) is 1.45. The number of ether oxygens (including phenoxy) is 4. The van der Waals surface area contributed by atoms with E-state index in [1.807, 2.05) is 0 Å². The molecule has 0 aromatic carbocycles. The molecule has 0 unspecified atom stereocenters. The van der Waals surface area contributed by atoms with Crippen molar-refractivity contribution in [3.8, 4) is 0 Å². The van der Waals surface area contributed by atoms with Crippen LogP contribution in [0.25, 0.3) is 0 Å². The predicted molar refractivity (Wildman–Crippen MR) is 65.1 cm³/mol. The maximum absolute atomic E-state index is 9.43. The molecule has 6 heteroatoms. The van der Waals surface area contributed by atoms with Gasteiger partial charge in [0, 0.05) is 28.3 Å². The summed E-state index contributed by atoms with van der Waals surface area (Å²) >= 11 is 0. The van der Waals surface area contributed by atoms with Crippen LogP contribution in [-0.4, -0.2) is 79.3 Å². The van der Waals surface area contributed by atoms with Crippen LogP contribution in [0, 0.1) is 0 Å². The summed E-state index contributed by atoms with van der Waals surface area (Å²) in [6.45, 7) is 3.77. The summed E-state index contributed by atoms with van der Waals surface area (Å²) in [6, 6.07) is 0. The van der Waals surface area contributed by atoms with Crippen molar-refractivity contribution in [2.45, 2.75) is 0 Å². The fourth-order valence-electron chi connectivity index (χ4n) is 0.606. The quantitative estimate of drug-likeness (QED) is 0.404. The van der Waals surface area contributed by atoms with Crippen LogP contribution in [0.1, 0.15) is 0 Å². The van der Waals surface area contributed by atoms with Gasteiger partial charge in [-0.1, -0.05) is 0 Å². The Morgan fingerprint density at radius 3 is 1.35 bits per heavy atom. The molecule has 0 bridgehead atoms. The van der Waals surface area contributed by atoms with Gasteiger partial charge in [-0.25, -0.2) is 0 Å². The fourth-order valence-corrected chi connectivity index (χ4v) is 0.606. The van der Waals surface area contributed by atoms with Crippen molar-refractivity contribution in [3.63, 3.8) is 0 Å². The molecular weight excluding hydrogens is 226 g/mol. The second-order valence-electron chi connectivity index (χ2n) is 3.28. The summed E-state index contributed by atoms with van der Waals surface area (Å²) < 4.78 is 19.9. The number of carbonyl (C=O) groups is 1. The van der Waals surface area contributed by atoms with Crippen LogP contribution in [0.15, 0.2) is 0 Å². The minimum absolute atomic E-state index is 0.618. The Hall–Kier alpha value is -0.690. The molecule has 0 saturated carbocycles. The summed E-state index contributed by atoms with van der Waals surface area (Å²) in [5, 5.41) is 0. The number of hydrogen-bond donors (Lipinski definition) is 0. The van der Waals surface area contributed by atoms with Gasteiger partial charge in [-0.2, -0.15) is 0 Å². The number of hydrogen-bond acceptors (Lipinski definition) is 5. The van der Waals surface area contributed by atoms with Crippen molar-refractivity contribution in [1.29, 1.82) is 0 Å². The first-order chi connectivity index (χ1) is 8.18. The molecule has 6 nitrogen and oxygen atoms in total. The zero-order valence-electron chi connectivity index (χ0n) is 11.3. The second-order valence-corrected chi connectivity index (χ2v) is 3.28. The molecule has 0 aliphatic rings. The number of carbonyl (C=O) groups excluding carboxylic acids is 1. The van der Waals surface area contributed by atoms with Crippen LogP contribution in [0.5, 0.6) is 0 Å². The minimum Gasteiger partial charge on any atom is -0.382 e. The Bertz CT molecular complexity index is 134. The molecule has 0 aliphatic heterocycles. The maximum atomic E-state index is 9.43. The van der Waals surface area contributed by atoms with E-state index in [-0.39, 0.29) is 0 Å². The van der Waals surface area contributed by atoms with Crippen molar-refractivity contribution >= 4 is 6.41 Å². The van der Waals surface area contributed by atoms with Crippen molar-refractivity contribution in [2.24, 2.45) is 0 Å². The van der Waals surface area contributed by atoms with Gasteiger partial charge in [0.1, 0.15) is 0 Å². The lowest BCUT2D eigenvalue weighted by Gasteiger charge is -2.04. The molecule has 0 saturated heterocycles. The van der Waals surface area contributed by atoms with Crippen molar-refractivity contribution in [1.82, 2.24) is 4.90 Å². The Labute approximate surface area is 104 Å². The first-order valence-corrected chi connectivity index (χ1v) is 5.44. The summed E-state index contributed by atoms with van der Waals surface area (Å²) in [7, 11) is 6.68. The SMILES string of the molecule is CN(C)C=O.COCCOCCOCCOC. The zero-order chi connectivity index (χ0) is 13.4. The van der Waals surface area contributed by atoms with E-state index >= 15 is 0 Å². The Kier molecular flexibility index (Phi) is 19.4. The lowest BCUT2D eigenvalue weighted by Crippen LogP contribution is -2.10. The van der Waals surface area contributed by atoms with Gasteiger partial charge in [-0.3, -0.25) is 4.79 Å². The highest BCUT2D eigenvalue weighted by atomic mass is 16.5. The molecular formula is C11H25NO5. The fraction of sp³-hybridized carbons (Fsp3) is 0.909. The van der Waals surface area contributed by atoms with Crippen molar-refractivity contribution in [3.05, 3.63) is 0 Å². The normalized spacial score (nSPS) is 9.41. The molecule has 0 spiro atoms. The number of nitrogens with zero attached hydrogens (tertiary/aromatic N) is 1. The number of amides is 1. The van der Waals surface area contributed by atoms with E-state index in [0.717, 1.165) is 6.41 Å². The largest absolute Gasteiger partial charge is 0.382 e. The second kappa shape index (κ2) is 17.7. The van der Waals surface area contributed by atoms with E-state index in [2.05, 4.69) is 0 Å². The topological polar surface area (TPSA) is 57.2 Å². The lowest BCUT2D eigenvalue weighted by molar-refractivity contribution is -0.115. The van der Waals surface area contributed by atoms with Gasteiger partial charge in [0.2, 0.25) is 6.41 Å². The van der Waals surface area contributed by atoms with E-state index in [1.54, 1.807) is 28.3 Å². The smallest absolute Gasteiger partial charge is 0.209 e. The van der Waals surface area contributed by atoms with Gasteiger partial charge in [-0.15, -0.1) is 0 Å². The molecule has 0 aromatic rings. The van der Waals surface area contributed by atoms with Gasteiger partial charge in [0.25, 0.3) is 0 Å². The molecule has 0 heterocycles. The molecule has 0 N–H and O–H groups in total. The third kappa shape index (κ3) is 25.5. The molecule has 0 radical (unpaired) electrons. The van der Waals surface area contributed by atoms with E-state index in [1.165, 1.54) is 4.90 Å².